The molecule has 176 valence electrons. The molecule has 36 heavy (non-hydrogen) atoms. The summed E-state index contributed by atoms with van der Waals surface area (Å²) in [5.41, 5.74) is 10.2. The number of hydrogen-bond donors (Lipinski definition) is 0. The van der Waals surface area contributed by atoms with Gasteiger partial charge in [-0.1, -0.05) is 85.0 Å². The summed E-state index contributed by atoms with van der Waals surface area (Å²) in [6, 6.07) is 28.2. The van der Waals surface area contributed by atoms with Crippen molar-refractivity contribution in [2.75, 3.05) is 7.05 Å². The molecule has 0 fully saturated rings. The van der Waals surface area contributed by atoms with E-state index < -0.39 is 0 Å². The molecule has 3 aromatic carbocycles. The van der Waals surface area contributed by atoms with Gasteiger partial charge in [-0.15, -0.1) is 0 Å². The molecule has 1 aromatic heterocycles. The Labute approximate surface area is 213 Å². The van der Waals surface area contributed by atoms with Crippen molar-refractivity contribution in [3.05, 3.63) is 138 Å². The van der Waals surface area contributed by atoms with E-state index >= 15 is 0 Å². The largest absolute Gasteiger partial charge is 0.344 e. The minimum atomic E-state index is 0.542. The average molecular weight is 468 g/mol. The summed E-state index contributed by atoms with van der Waals surface area (Å²) < 4.78 is 4.80. The van der Waals surface area contributed by atoms with Gasteiger partial charge in [-0.3, -0.25) is 0 Å². The fourth-order valence-corrected chi connectivity index (χ4v) is 5.68. The van der Waals surface area contributed by atoms with Crippen molar-refractivity contribution in [3.8, 4) is 0 Å². The number of benzene rings is 3. The Kier molecular flexibility index (Phi) is 5.87. The van der Waals surface area contributed by atoms with Crippen LogP contribution in [0.4, 0.5) is 5.69 Å². The normalized spacial score (nSPS) is 16.3. The molecule has 6 rings (SSSR count). The highest BCUT2D eigenvalue weighted by atomic mass is 15.0. The van der Waals surface area contributed by atoms with Gasteiger partial charge in [-0.25, -0.2) is 0 Å². The number of fused-ring (bicyclic) bond motifs is 2. The van der Waals surface area contributed by atoms with E-state index in [0.29, 0.717) is 5.92 Å². The van der Waals surface area contributed by atoms with Crippen LogP contribution >= 0.6 is 0 Å². The van der Waals surface area contributed by atoms with Crippen LogP contribution in [0.1, 0.15) is 28.8 Å². The zero-order chi connectivity index (χ0) is 24.5. The third-order valence-electron chi connectivity index (χ3n) is 7.51. The SMILES string of the molecule is Cc1c(/C=C/C=C2\C(c3ccccc3)=[N+](C)c3ccccc32)c2ccccc2n1CCC1C=CC=C1. The van der Waals surface area contributed by atoms with Crippen LogP contribution in [0.3, 0.4) is 0 Å². The molecule has 1 aliphatic carbocycles. The van der Waals surface area contributed by atoms with Gasteiger partial charge in [0.2, 0.25) is 11.4 Å². The lowest BCUT2D eigenvalue weighted by atomic mass is 9.97. The second kappa shape index (κ2) is 9.47. The second-order valence-electron chi connectivity index (χ2n) is 9.62. The molecule has 0 bridgehead atoms. The van der Waals surface area contributed by atoms with Gasteiger partial charge >= 0.3 is 0 Å². The smallest absolute Gasteiger partial charge is 0.220 e. The van der Waals surface area contributed by atoms with Gasteiger partial charge in [0.15, 0.2) is 0 Å². The van der Waals surface area contributed by atoms with Crippen molar-refractivity contribution in [2.45, 2.75) is 19.9 Å². The molecule has 0 saturated heterocycles. The molecular formula is C34H31N2+. The molecule has 0 atom stereocenters. The standard InChI is InChI=1S/C34H31N2/c1-25-28(29-17-9-11-22-33(29)36(25)24-23-26-13-6-7-14-26)19-12-20-31-30-18-8-10-21-32(30)35(2)34(31)27-15-4-3-5-16-27/h3-22,26H,23-24H2,1-2H3/q+1. The van der Waals surface area contributed by atoms with Gasteiger partial charge in [0, 0.05) is 40.3 Å². The molecule has 0 radical (unpaired) electrons. The first-order valence-electron chi connectivity index (χ1n) is 12.8. The van der Waals surface area contributed by atoms with Crippen LogP contribution in [0, 0.1) is 12.8 Å². The van der Waals surface area contributed by atoms with Gasteiger partial charge in [-0.05, 0) is 49.6 Å². The highest BCUT2D eigenvalue weighted by Crippen LogP contribution is 2.36. The molecule has 0 saturated carbocycles. The lowest BCUT2D eigenvalue weighted by Crippen LogP contribution is -2.09. The van der Waals surface area contributed by atoms with Crippen LogP contribution in [-0.4, -0.2) is 21.9 Å². The number of para-hydroxylation sites is 2. The maximum atomic E-state index is 2.49. The molecule has 0 spiro atoms. The molecule has 2 heteroatoms. The topological polar surface area (TPSA) is 7.94 Å². The summed E-state index contributed by atoms with van der Waals surface area (Å²) in [6.07, 6.45) is 16.8. The first-order valence-corrected chi connectivity index (χ1v) is 12.8. The van der Waals surface area contributed by atoms with E-state index in [-0.39, 0.29) is 0 Å². The zero-order valence-electron chi connectivity index (χ0n) is 20.9. The van der Waals surface area contributed by atoms with Crippen LogP contribution < -0.4 is 0 Å². The Morgan fingerprint density at radius 1 is 0.861 bits per heavy atom. The van der Waals surface area contributed by atoms with Crippen LogP contribution in [-0.2, 0) is 6.54 Å². The van der Waals surface area contributed by atoms with Crippen molar-refractivity contribution < 1.29 is 4.58 Å². The number of aromatic nitrogens is 1. The van der Waals surface area contributed by atoms with Crippen LogP contribution in [0.25, 0.3) is 22.6 Å². The van der Waals surface area contributed by atoms with Gasteiger partial charge < -0.3 is 4.57 Å². The van der Waals surface area contributed by atoms with Crippen LogP contribution in [0.2, 0.25) is 0 Å². The molecule has 2 nitrogen and oxygen atoms in total. The maximum Gasteiger partial charge on any atom is 0.220 e. The average Bonchev–Trinajstić information content (AvgIpc) is 3.60. The first kappa shape index (κ1) is 22.3. The summed E-state index contributed by atoms with van der Waals surface area (Å²) in [5, 5.41) is 1.32. The zero-order valence-corrected chi connectivity index (χ0v) is 20.9. The van der Waals surface area contributed by atoms with Gasteiger partial charge in [-0.2, -0.15) is 4.58 Å². The van der Waals surface area contributed by atoms with Crippen molar-refractivity contribution in [1.82, 2.24) is 4.57 Å². The third-order valence-corrected chi connectivity index (χ3v) is 7.51. The predicted molar refractivity (Wildman–Crippen MR) is 153 cm³/mol. The number of aryl methyl sites for hydroxylation is 1. The van der Waals surface area contributed by atoms with Gasteiger partial charge in [0.05, 0.1) is 11.1 Å². The molecule has 0 N–H and O–H groups in total. The lowest BCUT2D eigenvalue weighted by molar-refractivity contribution is -0.400. The van der Waals surface area contributed by atoms with E-state index in [4.69, 9.17) is 0 Å². The molecule has 0 unspecified atom stereocenters. The molecular weight excluding hydrogens is 436 g/mol. The summed E-state index contributed by atoms with van der Waals surface area (Å²) in [4.78, 5) is 0. The molecule has 2 heterocycles. The molecule has 2 aliphatic rings. The number of nitrogens with zero attached hydrogens (tertiary/aromatic N) is 2. The van der Waals surface area contributed by atoms with Gasteiger partial charge in [0.1, 0.15) is 7.05 Å². The third kappa shape index (κ3) is 3.89. The van der Waals surface area contributed by atoms with Crippen LogP contribution in [0.15, 0.2) is 115 Å². The number of hydrogen-bond acceptors (Lipinski definition) is 0. The maximum absolute atomic E-state index is 2.49. The summed E-state index contributed by atoms with van der Waals surface area (Å²) in [7, 11) is 2.16. The minimum Gasteiger partial charge on any atom is -0.344 e. The van der Waals surface area contributed by atoms with Crippen molar-refractivity contribution in [1.29, 1.82) is 0 Å². The van der Waals surface area contributed by atoms with Crippen LogP contribution in [0.5, 0.6) is 0 Å². The van der Waals surface area contributed by atoms with E-state index in [2.05, 4.69) is 145 Å². The highest BCUT2D eigenvalue weighted by Gasteiger charge is 2.32. The van der Waals surface area contributed by atoms with Crippen molar-refractivity contribution >= 4 is 34.0 Å². The summed E-state index contributed by atoms with van der Waals surface area (Å²) >= 11 is 0. The molecule has 4 aromatic rings. The van der Waals surface area contributed by atoms with E-state index in [0.717, 1.165) is 13.0 Å². The monoisotopic (exact) mass is 467 g/mol. The Morgan fingerprint density at radius 2 is 1.58 bits per heavy atom. The second-order valence-corrected chi connectivity index (χ2v) is 9.62. The van der Waals surface area contributed by atoms with E-state index in [1.807, 2.05) is 0 Å². The minimum absolute atomic E-state index is 0.542. The predicted octanol–water partition coefficient (Wildman–Crippen LogP) is 7.96. The van der Waals surface area contributed by atoms with E-state index in [9.17, 15) is 0 Å². The van der Waals surface area contributed by atoms with Crippen molar-refractivity contribution in [2.24, 2.45) is 5.92 Å². The quantitative estimate of drug-likeness (QED) is 0.254. The first-order chi connectivity index (χ1) is 17.7. The van der Waals surface area contributed by atoms with Crippen molar-refractivity contribution in [3.63, 3.8) is 0 Å². The van der Waals surface area contributed by atoms with Gasteiger partial charge in [0.25, 0.3) is 0 Å². The summed E-state index contributed by atoms with van der Waals surface area (Å²) in [6.45, 7) is 3.28. The van der Waals surface area contributed by atoms with E-state index in [1.165, 1.54) is 50.3 Å². The fourth-order valence-electron chi connectivity index (χ4n) is 5.68. The number of allylic oxidation sites excluding steroid dienone is 7. The Balaban J connectivity index is 1.39. The molecule has 1 aliphatic heterocycles. The number of rotatable bonds is 6. The lowest BCUT2D eigenvalue weighted by Gasteiger charge is -2.10. The fraction of sp³-hybridized carbons (Fsp3) is 0.147. The van der Waals surface area contributed by atoms with E-state index in [1.54, 1.807) is 0 Å². The summed E-state index contributed by atoms with van der Waals surface area (Å²) in [5.74, 6) is 0.542. The highest BCUT2D eigenvalue weighted by molar-refractivity contribution is 6.32. The molecule has 0 amide bonds. The Morgan fingerprint density at radius 3 is 2.42 bits per heavy atom. The Bertz CT molecular complexity index is 1580. The Hall–Kier alpha value is -4.17.